The minimum Gasteiger partial charge on any atom is -0.355 e. The van der Waals surface area contributed by atoms with E-state index >= 15 is 0 Å². The number of hydrogen-bond donors (Lipinski definition) is 1. The molecule has 0 unspecified atom stereocenters. The number of benzene rings is 1. The molecule has 3 aliphatic rings. The normalized spacial score (nSPS) is 19.6. The van der Waals surface area contributed by atoms with E-state index in [2.05, 4.69) is 20.2 Å². The molecule has 10 nitrogen and oxygen atoms in total. The Morgan fingerprint density at radius 1 is 1.00 bits per heavy atom. The van der Waals surface area contributed by atoms with Gasteiger partial charge in [-0.05, 0) is 25.0 Å². The molecule has 168 valence electrons. The van der Waals surface area contributed by atoms with Crippen LogP contribution in [0, 0.1) is 0 Å². The SMILES string of the molecule is O=C1NC2(CCN(c3nccn4cncc34)CC2)CN1CCN1C(=O)c2ccccc2C1=O. The standard InChI is InChI=1S/C23H23N7O3/c31-20-16-3-1-2-4-17(16)21(32)30(20)12-11-28-14-23(26-22(28)33)5-8-27(9-6-23)19-18-13-24-15-29(18)10-7-25-19/h1-4,7,10,13,15H,5-6,8-9,11-12,14H2,(H,26,33). The molecule has 2 fully saturated rings. The van der Waals surface area contributed by atoms with Crippen LogP contribution in [0.1, 0.15) is 33.6 Å². The minimum atomic E-state index is -0.305. The van der Waals surface area contributed by atoms with Crippen molar-refractivity contribution in [3.8, 4) is 0 Å². The molecule has 4 amide bonds. The van der Waals surface area contributed by atoms with Gasteiger partial charge in [0.15, 0.2) is 5.82 Å². The van der Waals surface area contributed by atoms with Crippen LogP contribution in [0.4, 0.5) is 10.6 Å². The fraction of sp³-hybridized carbons (Fsp3) is 0.348. The molecule has 1 aromatic carbocycles. The summed E-state index contributed by atoms with van der Waals surface area (Å²) in [6, 6.07) is 6.69. The summed E-state index contributed by atoms with van der Waals surface area (Å²) in [6.07, 6.45) is 8.80. The van der Waals surface area contributed by atoms with Gasteiger partial charge in [0.05, 0.1) is 29.2 Å². The van der Waals surface area contributed by atoms with Crippen molar-refractivity contribution in [2.45, 2.75) is 18.4 Å². The highest BCUT2D eigenvalue weighted by Gasteiger charge is 2.45. The number of imidazole rings is 1. The molecule has 1 N–H and O–H groups in total. The average Bonchev–Trinajstić information content (AvgIpc) is 3.49. The number of aromatic nitrogens is 3. The second-order valence-corrected chi connectivity index (χ2v) is 8.86. The molecule has 2 saturated heterocycles. The number of carbonyl (C=O) groups is 3. The lowest BCUT2D eigenvalue weighted by Gasteiger charge is -2.39. The first-order chi connectivity index (χ1) is 16.0. The maximum Gasteiger partial charge on any atom is 0.318 e. The summed E-state index contributed by atoms with van der Waals surface area (Å²) in [4.78, 5) is 51.9. The number of nitrogens with one attached hydrogen (secondary N) is 1. The van der Waals surface area contributed by atoms with Gasteiger partial charge in [-0.3, -0.25) is 14.5 Å². The molecule has 0 radical (unpaired) electrons. The van der Waals surface area contributed by atoms with E-state index in [-0.39, 0.29) is 29.9 Å². The van der Waals surface area contributed by atoms with Crippen LogP contribution in [0.15, 0.2) is 49.2 Å². The van der Waals surface area contributed by atoms with E-state index in [1.165, 1.54) is 4.90 Å². The fourth-order valence-electron chi connectivity index (χ4n) is 5.14. The number of rotatable bonds is 4. The Morgan fingerprint density at radius 2 is 1.73 bits per heavy atom. The predicted molar refractivity (Wildman–Crippen MR) is 119 cm³/mol. The zero-order valence-electron chi connectivity index (χ0n) is 18.0. The molecule has 0 aliphatic carbocycles. The summed E-state index contributed by atoms with van der Waals surface area (Å²) in [5.74, 6) is 0.316. The number of anilines is 1. The lowest BCUT2D eigenvalue weighted by Crippen LogP contribution is -2.52. The summed E-state index contributed by atoms with van der Waals surface area (Å²) in [6.45, 7) is 2.61. The van der Waals surface area contributed by atoms with Crippen molar-refractivity contribution in [1.29, 1.82) is 0 Å². The number of hydrogen-bond acceptors (Lipinski definition) is 6. The van der Waals surface area contributed by atoms with Gasteiger partial charge in [0.1, 0.15) is 5.52 Å². The van der Waals surface area contributed by atoms with Gasteiger partial charge in [0, 0.05) is 45.1 Å². The fourth-order valence-corrected chi connectivity index (χ4v) is 5.14. The van der Waals surface area contributed by atoms with Crippen LogP contribution in [0.2, 0.25) is 0 Å². The van der Waals surface area contributed by atoms with Gasteiger partial charge in [-0.25, -0.2) is 14.8 Å². The first-order valence-corrected chi connectivity index (χ1v) is 11.1. The Balaban J connectivity index is 1.10. The van der Waals surface area contributed by atoms with Gasteiger partial charge in [0.25, 0.3) is 11.8 Å². The van der Waals surface area contributed by atoms with Gasteiger partial charge in [-0.1, -0.05) is 12.1 Å². The third kappa shape index (κ3) is 3.12. The molecule has 3 aromatic rings. The van der Waals surface area contributed by atoms with Gasteiger partial charge in [0.2, 0.25) is 0 Å². The van der Waals surface area contributed by atoms with E-state index in [9.17, 15) is 14.4 Å². The van der Waals surface area contributed by atoms with E-state index in [0.717, 1.165) is 37.3 Å². The number of urea groups is 1. The molecular formula is C23H23N7O3. The van der Waals surface area contributed by atoms with Crippen molar-refractivity contribution in [3.05, 3.63) is 60.3 Å². The van der Waals surface area contributed by atoms with Gasteiger partial charge >= 0.3 is 6.03 Å². The van der Waals surface area contributed by atoms with E-state index in [0.29, 0.717) is 24.2 Å². The summed E-state index contributed by atoms with van der Waals surface area (Å²) >= 11 is 0. The topological polar surface area (TPSA) is 103 Å². The van der Waals surface area contributed by atoms with Crippen LogP contribution in [0.25, 0.3) is 5.52 Å². The van der Waals surface area contributed by atoms with E-state index in [4.69, 9.17) is 0 Å². The smallest absolute Gasteiger partial charge is 0.318 e. The number of amides is 4. The third-order valence-electron chi connectivity index (χ3n) is 6.96. The van der Waals surface area contributed by atoms with E-state index in [1.54, 1.807) is 41.7 Å². The largest absolute Gasteiger partial charge is 0.355 e. The molecule has 0 saturated carbocycles. The lowest BCUT2D eigenvalue weighted by atomic mass is 9.88. The highest BCUT2D eigenvalue weighted by molar-refractivity contribution is 6.21. The highest BCUT2D eigenvalue weighted by Crippen LogP contribution is 2.31. The number of nitrogens with zero attached hydrogens (tertiary/aromatic N) is 6. The molecule has 33 heavy (non-hydrogen) atoms. The Morgan fingerprint density at radius 3 is 2.45 bits per heavy atom. The van der Waals surface area contributed by atoms with Crippen molar-refractivity contribution < 1.29 is 14.4 Å². The zero-order valence-corrected chi connectivity index (χ0v) is 18.0. The Kier molecular flexibility index (Phi) is 4.36. The summed E-state index contributed by atoms with van der Waals surface area (Å²) in [5.41, 5.74) is 1.52. The van der Waals surface area contributed by atoms with E-state index in [1.807, 2.05) is 16.8 Å². The predicted octanol–water partition coefficient (Wildman–Crippen LogP) is 1.39. The van der Waals surface area contributed by atoms with Crippen LogP contribution in [0.3, 0.4) is 0 Å². The third-order valence-corrected chi connectivity index (χ3v) is 6.96. The number of carbonyl (C=O) groups excluding carboxylic acids is 3. The number of piperidine rings is 1. The number of fused-ring (bicyclic) bond motifs is 2. The van der Waals surface area contributed by atoms with Crippen molar-refractivity contribution in [3.63, 3.8) is 0 Å². The van der Waals surface area contributed by atoms with Gasteiger partial charge in [-0.15, -0.1) is 0 Å². The number of imide groups is 1. The van der Waals surface area contributed by atoms with Gasteiger partial charge in [-0.2, -0.15) is 0 Å². The lowest BCUT2D eigenvalue weighted by molar-refractivity contribution is 0.0642. The Labute approximate surface area is 189 Å². The van der Waals surface area contributed by atoms with Crippen molar-refractivity contribution in [1.82, 2.24) is 29.5 Å². The molecule has 0 bridgehead atoms. The molecule has 2 aromatic heterocycles. The monoisotopic (exact) mass is 445 g/mol. The first-order valence-electron chi connectivity index (χ1n) is 11.1. The van der Waals surface area contributed by atoms with Crippen LogP contribution < -0.4 is 10.2 Å². The zero-order chi connectivity index (χ0) is 22.6. The molecule has 0 atom stereocenters. The van der Waals surface area contributed by atoms with Crippen LogP contribution in [-0.2, 0) is 0 Å². The van der Waals surface area contributed by atoms with Crippen molar-refractivity contribution in [2.75, 3.05) is 37.6 Å². The first kappa shape index (κ1) is 19.7. The Hall–Kier alpha value is -3.95. The summed E-state index contributed by atoms with van der Waals surface area (Å²) in [5, 5.41) is 3.17. The van der Waals surface area contributed by atoms with Crippen LogP contribution in [-0.4, -0.2) is 80.3 Å². The van der Waals surface area contributed by atoms with Gasteiger partial charge < -0.3 is 19.5 Å². The highest BCUT2D eigenvalue weighted by atomic mass is 16.2. The quantitative estimate of drug-likeness (QED) is 0.609. The average molecular weight is 445 g/mol. The van der Waals surface area contributed by atoms with E-state index < -0.39 is 0 Å². The molecular weight excluding hydrogens is 422 g/mol. The van der Waals surface area contributed by atoms with Crippen LogP contribution >= 0.6 is 0 Å². The molecule has 3 aliphatic heterocycles. The summed E-state index contributed by atoms with van der Waals surface area (Å²) < 4.78 is 1.95. The second-order valence-electron chi connectivity index (χ2n) is 8.86. The summed E-state index contributed by atoms with van der Waals surface area (Å²) in [7, 11) is 0. The molecule has 10 heteroatoms. The molecule has 6 rings (SSSR count). The molecule has 5 heterocycles. The van der Waals surface area contributed by atoms with Crippen LogP contribution in [0.5, 0.6) is 0 Å². The maximum absolute atomic E-state index is 12.7. The Bertz CT molecular complexity index is 1240. The maximum atomic E-state index is 12.7. The van der Waals surface area contributed by atoms with Crippen molar-refractivity contribution in [2.24, 2.45) is 0 Å². The van der Waals surface area contributed by atoms with Crippen molar-refractivity contribution >= 4 is 29.2 Å². The second kappa shape index (κ2) is 7.29. The minimum absolute atomic E-state index is 0.143. The molecule has 1 spiro atoms.